The molecular weight excluding hydrogens is 276 g/mol. The molecule has 0 fully saturated rings. The maximum Gasteiger partial charge on any atom is 0.319 e. The van der Waals surface area contributed by atoms with Crippen LogP contribution in [0.3, 0.4) is 0 Å². The lowest BCUT2D eigenvalue weighted by Gasteiger charge is -2.08. The molecule has 2 rings (SSSR count). The zero-order valence-corrected chi connectivity index (χ0v) is 12.8. The third kappa shape index (κ3) is 5.48. The molecule has 4 heteroatoms. The van der Waals surface area contributed by atoms with Crippen LogP contribution < -0.4 is 15.4 Å². The molecule has 0 heterocycles. The predicted octanol–water partition coefficient (Wildman–Crippen LogP) is 3.84. The van der Waals surface area contributed by atoms with Crippen molar-refractivity contribution in [3.8, 4) is 5.75 Å². The molecule has 2 aromatic rings. The molecule has 0 aromatic heterocycles. The summed E-state index contributed by atoms with van der Waals surface area (Å²) in [6.07, 6.45) is 1.83. The Morgan fingerprint density at radius 1 is 1.05 bits per heavy atom. The summed E-state index contributed by atoms with van der Waals surface area (Å²) in [6.45, 7) is 3.30. The molecule has 0 bridgehead atoms. The number of ether oxygens (including phenoxy) is 1. The van der Waals surface area contributed by atoms with Crippen LogP contribution in [0.15, 0.2) is 54.6 Å². The van der Waals surface area contributed by atoms with Crippen LogP contribution in [-0.4, -0.2) is 19.2 Å². The van der Waals surface area contributed by atoms with E-state index in [-0.39, 0.29) is 6.03 Å². The van der Waals surface area contributed by atoms with Crippen molar-refractivity contribution >= 4 is 11.7 Å². The van der Waals surface area contributed by atoms with E-state index in [1.807, 2.05) is 49.4 Å². The summed E-state index contributed by atoms with van der Waals surface area (Å²) in [4.78, 5) is 11.7. The molecule has 0 unspecified atom stereocenters. The van der Waals surface area contributed by atoms with E-state index in [4.69, 9.17) is 4.74 Å². The largest absolute Gasteiger partial charge is 0.494 e. The number of carbonyl (C=O) groups excluding carboxylic acids is 1. The van der Waals surface area contributed by atoms with E-state index in [0.29, 0.717) is 13.2 Å². The van der Waals surface area contributed by atoms with E-state index >= 15 is 0 Å². The van der Waals surface area contributed by atoms with Crippen LogP contribution in [-0.2, 0) is 6.42 Å². The molecule has 0 saturated carbocycles. The van der Waals surface area contributed by atoms with Gasteiger partial charge in [0.05, 0.1) is 6.61 Å². The van der Waals surface area contributed by atoms with Crippen LogP contribution in [0.2, 0.25) is 0 Å². The number of anilines is 1. The van der Waals surface area contributed by atoms with Crippen LogP contribution in [0.25, 0.3) is 0 Å². The van der Waals surface area contributed by atoms with Gasteiger partial charge >= 0.3 is 6.03 Å². The normalized spacial score (nSPS) is 10.0. The smallest absolute Gasteiger partial charge is 0.319 e. The van der Waals surface area contributed by atoms with E-state index in [2.05, 4.69) is 22.8 Å². The van der Waals surface area contributed by atoms with Crippen LogP contribution in [0.1, 0.15) is 18.9 Å². The fraction of sp³-hybridized carbons (Fsp3) is 0.278. The quantitative estimate of drug-likeness (QED) is 0.763. The Morgan fingerprint density at radius 2 is 1.77 bits per heavy atom. The number of rotatable bonds is 7. The molecule has 0 aliphatic heterocycles. The van der Waals surface area contributed by atoms with Gasteiger partial charge in [-0.3, -0.25) is 0 Å². The van der Waals surface area contributed by atoms with Gasteiger partial charge in [0, 0.05) is 12.2 Å². The number of hydrogen-bond acceptors (Lipinski definition) is 2. The van der Waals surface area contributed by atoms with Gasteiger partial charge in [0.15, 0.2) is 0 Å². The molecule has 4 nitrogen and oxygen atoms in total. The van der Waals surface area contributed by atoms with Gasteiger partial charge in [0.1, 0.15) is 5.75 Å². The highest BCUT2D eigenvalue weighted by atomic mass is 16.5. The Hall–Kier alpha value is -2.49. The second-order valence-electron chi connectivity index (χ2n) is 4.93. The van der Waals surface area contributed by atoms with E-state index in [9.17, 15) is 4.79 Å². The molecule has 116 valence electrons. The van der Waals surface area contributed by atoms with Crippen molar-refractivity contribution in [3.05, 3.63) is 60.2 Å². The van der Waals surface area contributed by atoms with Crippen molar-refractivity contribution in [2.24, 2.45) is 0 Å². The van der Waals surface area contributed by atoms with Crippen molar-refractivity contribution in [1.29, 1.82) is 0 Å². The van der Waals surface area contributed by atoms with Crippen molar-refractivity contribution in [1.82, 2.24) is 5.32 Å². The fourth-order valence-electron chi connectivity index (χ4n) is 2.11. The van der Waals surface area contributed by atoms with Crippen molar-refractivity contribution in [3.63, 3.8) is 0 Å². The van der Waals surface area contributed by atoms with Gasteiger partial charge < -0.3 is 15.4 Å². The molecule has 0 atom stereocenters. The monoisotopic (exact) mass is 298 g/mol. The number of carbonyl (C=O) groups is 1. The average molecular weight is 298 g/mol. The van der Waals surface area contributed by atoms with E-state index < -0.39 is 0 Å². The molecule has 0 aliphatic carbocycles. The summed E-state index contributed by atoms with van der Waals surface area (Å²) in [5.41, 5.74) is 2.04. The number of hydrogen-bond donors (Lipinski definition) is 2. The summed E-state index contributed by atoms with van der Waals surface area (Å²) >= 11 is 0. The number of nitrogens with one attached hydrogen (secondary N) is 2. The Morgan fingerprint density at radius 3 is 2.45 bits per heavy atom. The van der Waals surface area contributed by atoms with E-state index in [1.54, 1.807) is 0 Å². The molecule has 0 aliphatic rings. The lowest BCUT2D eigenvalue weighted by Crippen LogP contribution is -2.29. The molecule has 2 N–H and O–H groups in total. The topological polar surface area (TPSA) is 50.4 Å². The van der Waals surface area contributed by atoms with Gasteiger partial charge in [-0.05, 0) is 49.6 Å². The van der Waals surface area contributed by atoms with E-state index in [0.717, 1.165) is 24.3 Å². The maximum absolute atomic E-state index is 11.7. The predicted molar refractivity (Wildman–Crippen MR) is 89.4 cm³/mol. The summed E-state index contributed by atoms with van der Waals surface area (Å²) in [6, 6.07) is 17.3. The molecule has 0 radical (unpaired) electrons. The Kier molecular flexibility index (Phi) is 6.30. The fourth-order valence-corrected chi connectivity index (χ4v) is 2.11. The number of amides is 2. The summed E-state index contributed by atoms with van der Waals surface area (Å²) in [5.74, 6) is 0.895. The van der Waals surface area contributed by atoms with Crippen molar-refractivity contribution in [2.45, 2.75) is 19.8 Å². The van der Waals surface area contributed by atoms with E-state index in [1.165, 1.54) is 5.56 Å². The Labute approximate surface area is 131 Å². The number of para-hydroxylation sites is 1. The van der Waals surface area contributed by atoms with Crippen LogP contribution in [0, 0.1) is 0 Å². The minimum absolute atomic E-state index is 0.169. The average Bonchev–Trinajstić information content (AvgIpc) is 2.54. The van der Waals surface area contributed by atoms with Crippen molar-refractivity contribution in [2.75, 3.05) is 18.5 Å². The van der Waals surface area contributed by atoms with Crippen LogP contribution in [0.4, 0.5) is 10.5 Å². The second kappa shape index (κ2) is 8.72. The first-order valence-electron chi connectivity index (χ1n) is 7.59. The van der Waals surface area contributed by atoms with Gasteiger partial charge in [-0.15, -0.1) is 0 Å². The minimum Gasteiger partial charge on any atom is -0.494 e. The van der Waals surface area contributed by atoms with Gasteiger partial charge in [-0.25, -0.2) is 4.79 Å². The number of urea groups is 1. The lowest BCUT2D eigenvalue weighted by atomic mass is 10.1. The van der Waals surface area contributed by atoms with Gasteiger partial charge in [-0.2, -0.15) is 0 Å². The first kappa shape index (κ1) is 15.9. The summed E-state index contributed by atoms with van der Waals surface area (Å²) in [5, 5.41) is 5.65. The molecular formula is C18H22N2O2. The minimum atomic E-state index is -0.169. The third-order valence-electron chi connectivity index (χ3n) is 3.19. The first-order valence-corrected chi connectivity index (χ1v) is 7.59. The molecule has 2 aromatic carbocycles. The number of aryl methyl sites for hydroxylation is 1. The van der Waals surface area contributed by atoms with Crippen molar-refractivity contribution < 1.29 is 9.53 Å². The maximum atomic E-state index is 11.7. The van der Waals surface area contributed by atoms with Gasteiger partial charge in [0.2, 0.25) is 0 Å². The summed E-state index contributed by atoms with van der Waals surface area (Å²) in [7, 11) is 0. The van der Waals surface area contributed by atoms with Gasteiger partial charge in [0.25, 0.3) is 0 Å². The highest BCUT2D eigenvalue weighted by molar-refractivity contribution is 5.89. The van der Waals surface area contributed by atoms with Crippen LogP contribution in [0.5, 0.6) is 5.75 Å². The highest BCUT2D eigenvalue weighted by Crippen LogP contribution is 2.13. The summed E-state index contributed by atoms with van der Waals surface area (Å²) < 4.78 is 5.41. The second-order valence-corrected chi connectivity index (χ2v) is 4.93. The standard InChI is InChI=1S/C18H22N2O2/c1-2-22-17-12-10-15(11-13-17)7-6-14-19-18(21)20-16-8-4-3-5-9-16/h3-5,8-13H,2,6-7,14H2,1H3,(H2,19,20,21). The Bertz CT molecular complexity index is 567. The molecule has 22 heavy (non-hydrogen) atoms. The first-order chi connectivity index (χ1) is 10.8. The highest BCUT2D eigenvalue weighted by Gasteiger charge is 2.00. The third-order valence-corrected chi connectivity index (χ3v) is 3.19. The van der Waals surface area contributed by atoms with Crippen LogP contribution >= 0.6 is 0 Å². The molecule has 0 saturated heterocycles. The molecule has 0 spiro atoms. The zero-order valence-electron chi connectivity index (χ0n) is 12.8. The Balaban J connectivity index is 1.65. The van der Waals surface area contributed by atoms with Gasteiger partial charge in [-0.1, -0.05) is 30.3 Å². The lowest BCUT2D eigenvalue weighted by molar-refractivity contribution is 0.252. The zero-order chi connectivity index (χ0) is 15.6. The number of benzene rings is 2. The molecule has 2 amide bonds. The SMILES string of the molecule is CCOc1ccc(CCCNC(=O)Nc2ccccc2)cc1.